The van der Waals surface area contributed by atoms with E-state index in [9.17, 15) is 4.79 Å². The highest BCUT2D eigenvalue weighted by molar-refractivity contribution is 5.80. The second kappa shape index (κ2) is 11.0. The first kappa shape index (κ1) is 22.2. The smallest absolute Gasteiger partial charge is 0.278 e. The van der Waals surface area contributed by atoms with Gasteiger partial charge in [0.15, 0.2) is 17.5 Å². The van der Waals surface area contributed by atoms with Crippen molar-refractivity contribution in [2.75, 3.05) is 14.2 Å². The van der Waals surface area contributed by atoms with Crippen LogP contribution in [0.4, 0.5) is 0 Å². The van der Waals surface area contributed by atoms with Crippen LogP contribution in [0.2, 0.25) is 0 Å². The Kier molecular flexibility index (Phi) is 8.14. The molecule has 1 aliphatic carbocycles. The van der Waals surface area contributed by atoms with E-state index in [1.165, 1.54) is 19.3 Å². The van der Waals surface area contributed by atoms with E-state index in [0.29, 0.717) is 12.6 Å². The molecule has 1 amide bonds. The molecule has 5 nitrogen and oxygen atoms in total. The lowest BCUT2D eigenvalue weighted by Gasteiger charge is -2.26. The standard InChI is InChI=1S/C25H34N2O3/c1-19(25(28)26-22-12-8-5-9-13-22)27(2)17-21-14-15-23(24(16-21)29-3)30-18-20-10-6-4-7-11-20/h4,6-7,10-11,14-16,19,22H,5,8-9,12-13,17-18H2,1-3H3,(H,26,28)/p+1/t19-/m1/s1. The lowest BCUT2D eigenvalue weighted by Crippen LogP contribution is -3.12. The number of carbonyl (C=O) groups is 1. The molecule has 2 aromatic carbocycles. The van der Waals surface area contributed by atoms with Crippen LogP contribution in [0.5, 0.6) is 11.5 Å². The summed E-state index contributed by atoms with van der Waals surface area (Å²) in [7, 11) is 3.72. The van der Waals surface area contributed by atoms with E-state index < -0.39 is 0 Å². The average molecular weight is 412 g/mol. The minimum Gasteiger partial charge on any atom is -0.493 e. The highest BCUT2D eigenvalue weighted by atomic mass is 16.5. The van der Waals surface area contributed by atoms with Crippen LogP contribution in [0.15, 0.2) is 48.5 Å². The molecule has 2 aromatic rings. The second-order valence-corrected chi connectivity index (χ2v) is 8.35. The molecule has 162 valence electrons. The Morgan fingerprint density at radius 2 is 1.80 bits per heavy atom. The van der Waals surface area contributed by atoms with Gasteiger partial charge < -0.3 is 19.7 Å². The third kappa shape index (κ3) is 6.23. The van der Waals surface area contributed by atoms with E-state index in [1.807, 2.05) is 49.4 Å². The maximum atomic E-state index is 12.7. The molecule has 1 aliphatic rings. The van der Waals surface area contributed by atoms with Crippen molar-refractivity contribution in [3.8, 4) is 11.5 Å². The van der Waals surface area contributed by atoms with Gasteiger partial charge in [-0.05, 0) is 43.5 Å². The van der Waals surface area contributed by atoms with E-state index >= 15 is 0 Å². The predicted octanol–water partition coefficient (Wildman–Crippen LogP) is 3.13. The molecular weight excluding hydrogens is 376 g/mol. The Labute approximate surface area is 180 Å². The first-order chi connectivity index (χ1) is 14.6. The lowest BCUT2D eigenvalue weighted by atomic mass is 9.95. The Morgan fingerprint density at radius 1 is 1.07 bits per heavy atom. The monoisotopic (exact) mass is 411 g/mol. The number of ether oxygens (including phenoxy) is 2. The number of rotatable bonds is 9. The molecule has 0 aromatic heterocycles. The van der Waals surface area contributed by atoms with Gasteiger partial charge in [-0.25, -0.2) is 0 Å². The fourth-order valence-electron chi connectivity index (χ4n) is 3.95. The third-order valence-corrected chi connectivity index (χ3v) is 6.03. The molecule has 2 N–H and O–H groups in total. The summed E-state index contributed by atoms with van der Waals surface area (Å²) in [5.74, 6) is 1.59. The molecule has 0 aliphatic heterocycles. The van der Waals surface area contributed by atoms with E-state index in [2.05, 4.69) is 18.4 Å². The molecular formula is C25H35N2O3+. The molecule has 30 heavy (non-hydrogen) atoms. The molecule has 1 unspecified atom stereocenters. The van der Waals surface area contributed by atoms with Crippen molar-refractivity contribution in [3.63, 3.8) is 0 Å². The molecule has 0 bridgehead atoms. The quantitative estimate of drug-likeness (QED) is 0.667. The number of methoxy groups -OCH3 is 1. The Bertz CT molecular complexity index is 803. The van der Waals surface area contributed by atoms with Crippen molar-refractivity contribution in [3.05, 3.63) is 59.7 Å². The van der Waals surface area contributed by atoms with E-state index in [0.717, 1.165) is 46.9 Å². The van der Waals surface area contributed by atoms with Crippen molar-refractivity contribution in [1.82, 2.24) is 5.32 Å². The highest BCUT2D eigenvalue weighted by Crippen LogP contribution is 2.28. The highest BCUT2D eigenvalue weighted by Gasteiger charge is 2.25. The van der Waals surface area contributed by atoms with Gasteiger partial charge in [-0.3, -0.25) is 4.79 Å². The van der Waals surface area contributed by atoms with Gasteiger partial charge in [0.25, 0.3) is 5.91 Å². The lowest BCUT2D eigenvalue weighted by molar-refractivity contribution is -0.908. The fraction of sp³-hybridized carbons (Fsp3) is 0.480. The number of nitrogens with one attached hydrogen (secondary N) is 2. The third-order valence-electron chi connectivity index (χ3n) is 6.03. The Balaban J connectivity index is 1.56. The van der Waals surface area contributed by atoms with Gasteiger partial charge in [-0.2, -0.15) is 0 Å². The van der Waals surface area contributed by atoms with Crippen LogP contribution in [0.25, 0.3) is 0 Å². The minimum absolute atomic E-state index is 0.105. The second-order valence-electron chi connectivity index (χ2n) is 8.35. The summed E-state index contributed by atoms with van der Waals surface area (Å²) in [6.07, 6.45) is 5.96. The van der Waals surface area contributed by atoms with Crippen molar-refractivity contribution < 1.29 is 19.2 Å². The number of quaternary nitrogens is 1. The number of hydrogen-bond donors (Lipinski definition) is 2. The van der Waals surface area contributed by atoms with Gasteiger partial charge >= 0.3 is 0 Å². The van der Waals surface area contributed by atoms with E-state index in [1.54, 1.807) is 7.11 Å². The van der Waals surface area contributed by atoms with Gasteiger partial charge in [-0.15, -0.1) is 0 Å². The average Bonchev–Trinajstić information content (AvgIpc) is 2.78. The molecule has 0 radical (unpaired) electrons. The summed E-state index contributed by atoms with van der Waals surface area (Å²) in [6, 6.07) is 16.3. The van der Waals surface area contributed by atoms with Crippen LogP contribution in [0.1, 0.15) is 50.2 Å². The zero-order valence-electron chi connectivity index (χ0n) is 18.4. The van der Waals surface area contributed by atoms with Crippen LogP contribution in [0, 0.1) is 0 Å². The van der Waals surface area contributed by atoms with E-state index in [4.69, 9.17) is 9.47 Å². The Morgan fingerprint density at radius 3 is 2.50 bits per heavy atom. The summed E-state index contributed by atoms with van der Waals surface area (Å²) in [6.45, 7) is 3.25. The van der Waals surface area contributed by atoms with Crippen molar-refractivity contribution in [2.24, 2.45) is 0 Å². The van der Waals surface area contributed by atoms with Crippen LogP contribution in [-0.4, -0.2) is 32.1 Å². The van der Waals surface area contributed by atoms with Crippen molar-refractivity contribution in [1.29, 1.82) is 0 Å². The van der Waals surface area contributed by atoms with E-state index in [-0.39, 0.29) is 11.9 Å². The predicted molar refractivity (Wildman–Crippen MR) is 119 cm³/mol. The zero-order chi connectivity index (χ0) is 21.3. The summed E-state index contributed by atoms with van der Waals surface area (Å²) < 4.78 is 11.5. The number of amides is 1. The maximum Gasteiger partial charge on any atom is 0.278 e. The van der Waals surface area contributed by atoms with Gasteiger partial charge in [-0.1, -0.05) is 49.6 Å². The molecule has 3 rings (SSSR count). The molecule has 0 spiro atoms. The molecule has 0 heterocycles. The summed E-state index contributed by atoms with van der Waals surface area (Å²) >= 11 is 0. The van der Waals surface area contributed by atoms with Crippen LogP contribution in [-0.2, 0) is 17.9 Å². The molecule has 2 atom stereocenters. The fourth-order valence-corrected chi connectivity index (χ4v) is 3.95. The largest absolute Gasteiger partial charge is 0.493 e. The van der Waals surface area contributed by atoms with Gasteiger partial charge in [0.2, 0.25) is 0 Å². The first-order valence-electron chi connectivity index (χ1n) is 11.0. The molecule has 1 saturated carbocycles. The minimum atomic E-state index is -0.105. The zero-order valence-corrected chi connectivity index (χ0v) is 18.4. The summed E-state index contributed by atoms with van der Waals surface area (Å²) in [5, 5.41) is 3.24. The molecule has 0 saturated heterocycles. The van der Waals surface area contributed by atoms with Crippen molar-refractivity contribution >= 4 is 5.91 Å². The topological polar surface area (TPSA) is 52.0 Å². The van der Waals surface area contributed by atoms with Crippen molar-refractivity contribution in [2.45, 2.75) is 64.3 Å². The van der Waals surface area contributed by atoms with Crippen LogP contribution in [0.3, 0.4) is 0 Å². The summed E-state index contributed by atoms with van der Waals surface area (Å²) in [5.41, 5.74) is 2.24. The van der Waals surface area contributed by atoms with Crippen LogP contribution < -0.4 is 19.7 Å². The maximum absolute atomic E-state index is 12.7. The van der Waals surface area contributed by atoms with Crippen LogP contribution >= 0.6 is 0 Å². The summed E-state index contributed by atoms with van der Waals surface area (Å²) in [4.78, 5) is 13.8. The van der Waals surface area contributed by atoms with Gasteiger partial charge in [0.1, 0.15) is 13.2 Å². The molecule has 1 fully saturated rings. The number of hydrogen-bond acceptors (Lipinski definition) is 3. The first-order valence-corrected chi connectivity index (χ1v) is 11.0. The molecule has 5 heteroatoms. The Hall–Kier alpha value is -2.53. The number of carbonyl (C=O) groups excluding carboxylic acids is 1. The number of likely N-dealkylation sites (N-methyl/N-ethyl adjacent to an activating group) is 1. The normalized spacial score (nSPS) is 16.5. The van der Waals surface area contributed by atoms with Gasteiger partial charge in [0, 0.05) is 11.6 Å². The SMILES string of the molecule is COc1cc(C[NH+](C)[C@H](C)C(=O)NC2CCCCC2)ccc1OCc1ccccc1. The van der Waals surface area contributed by atoms with Gasteiger partial charge in [0.05, 0.1) is 14.2 Å². The number of benzene rings is 2.